The van der Waals surface area contributed by atoms with Gasteiger partial charge in [-0.1, -0.05) is 49.4 Å². The molecule has 0 bridgehead atoms. The second kappa shape index (κ2) is 11.4. The first-order valence-electron chi connectivity index (χ1n) is 14.5. The molecule has 208 valence electrons. The van der Waals surface area contributed by atoms with E-state index in [1.807, 2.05) is 59.3 Å². The molecule has 1 amide bonds. The molecule has 7 heteroatoms. The third-order valence-corrected chi connectivity index (χ3v) is 8.54. The molecule has 2 aromatic heterocycles. The molecule has 0 radical (unpaired) electrons. The summed E-state index contributed by atoms with van der Waals surface area (Å²) in [6.45, 7) is 2.67. The minimum Gasteiger partial charge on any atom is -0.487 e. The lowest BCUT2D eigenvalue weighted by Gasteiger charge is -2.48. The average molecular weight is 539 g/mol. The van der Waals surface area contributed by atoms with Crippen LogP contribution in [0.4, 0.5) is 0 Å². The van der Waals surface area contributed by atoms with E-state index < -0.39 is 12.1 Å². The second-order valence-corrected chi connectivity index (χ2v) is 11.3. The van der Waals surface area contributed by atoms with Gasteiger partial charge in [-0.2, -0.15) is 0 Å². The second-order valence-electron chi connectivity index (χ2n) is 11.3. The number of carbonyl (C=O) groups excluding carboxylic acids is 1. The maximum Gasteiger partial charge on any atom is 0.240 e. The molecule has 6 rings (SSSR count). The lowest BCUT2D eigenvalue weighted by molar-refractivity contribution is -0.123. The van der Waals surface area contributed by atoms with Crippen LogP contribution in [0.1, 0.15) is 55.3 Å². The summed E-state index contributed by atoms with van der Waals surface area (Å²) in [7, 11) is 0. The van der Waals surface area contributed by atoms with Gasteiger partial charge in [-0.15, -0.1) is 0 Å². The average Bonchev–Trinajstić information content (AvgIpc) is 3.37. The van der Waals surface area contributed by atoms with Crippen molar-refractivity contribution in [3.8, 4) is 5.75 Å². The van der Waals surface area contributed by atoms with Crippen molar-refractivity contribution >= 4 is 16.9 Å². The number of fused-ring (bicyclic) bond motifs is 2. The van der Waals surface area contributed by atoms with Crippen molar-refractivity contribution in [3.63, 3.8) is 0 Å². The van der Waals surface area contributed by atoms with Crippen molar-refractivity contribution in [1.82, 2.24) is 20.2 Å². The minimum absolute atomic E-state index is 0.0931. The number of rotatable bonds is 10. The van der Waals surface area contributed by atoms with E-state index >= 15 is 0 Å². The Morgan fingerprint density at radius 2 is 1.98 bits per heavy atom. The van der Waals surface area contributed by atoms with Crippen molar-refractivity contribution in [1.29, 1.82) is 0 Å². The summed E-state index contributed by atoms with van der Waals surface area (Å²) in [6, 6.07) is 22.0. The van der Waals surface area contributed by atoms with Gasteiger partial charge in [0.05, 0.1) is 12.1 Å². The number of aryl methyl sites for hydroxylation is 1. The number of amides is 1. The van der Waals surface area contributed by atoms with Crippen molar-refractivity contribution in [2.24, 2.45) is 0 Å². The molecular weight excluding hydrogens is 500 g/mol. The van der Waals surface area contributed by atoms with Crippen LogP contribution in [-0.4, -0.2) is 44.9 Å². The van der Waals surface area contributed by atoms with Crippen molar-refractivity contribution in [3.05, 3.63) is 95.8 Å². The molecule has 1 saturated carbocycles. The van der Waals surface area contributed by atoms with Crippen LogP contribution in [0.15, 0.2) is 79.1 Å². The van der Waals surface area contributed by atoms with Gasteiger partial charge in [0, 0.05) is 42.4 Å². The summed E-state index contributed by atoms with van der Waals surface area (Å²) in [5.41, 5.74) is 4.18. The fourth-order valence-corrected chi connectivity index (χ4v) is 6.11. The Morgan fingerprint density at radius 1 is 1.12 bits per heavy atom. The number of pyridine rings is 1. The Bertz CT molecular complexity index is 1460. The van der Waals surface area contributed by atoms with Gasteiger partial charge in [-0.3, -0.25) is 4.79 Å². The van der Waals surface area contributed by atoms with Gasteiger partial charge in [-0.05, 0) is 67.5 Å². The minimum atomic E-state index is -0.776. The highest BCUT2D eigenvalue weighted by Gasteiger charge is 2.45. The molecule has 0 saturated heterocycles. The van der Waals surface area contributed by atoms with Crippen LogP contribution in [-0.2, 0) is 24.2 Å². The van der Waals surface area contributed by atoms with Gasteiger partial charge in [0.2, 0.25) is 5.91 Å². The largest absolute Gasteiger partial charge is 0.487 e. The quantitative estimate of drug-likeness (QED) is 0.272. The number of nitrogens with zero attached hydrogens (tertiary/aromatic N) is 2. The Morgan fingerprint density at radius 3 is 2.75 bits per heavy atom. The highest BCUT2D eigenvalue weighted by molar-refractivity contribution is 5.81. The topological polar surface area (TPSA) is 88.4 Å². The van der Waals surface area contributed by atoms with Crippen LogP contribution in [0.5, 0.6) is 5.75 Å². The molecule has 7 nitrogen and oxygen atoms in total. The van der Waals surface area contributed by atoms with Crippen molar-refractivity contribution in [2.75, 3.05) is 6.54 Å². The van der Waals surface area contributed by atoms with E-state index in [0.717, 1.165) is 48.0 Å². The Labute approximate surface area is 235 Å². The van der Waals surface area contributed by atoms with Crippen LogP contribution in [0.3, 0.4) is 0 Å². The molecule has 0 unspecified atom stereocenters. The zero-order valence-corrected chi connectivity index (χ0v) is 23.1. The molecule has 2 aliphatic rings. The third kappa shape index (κ3) is 5.62. The van der Waals surface area contributed by atoms with E-state index in [1.54, 1.807) is 6.20 Å². The molecule has 1 aliphatic carbocycles. The lowest BCUT2D eigenvalue weighted by Crippen LogP contribution is -2.52. The molecule has 3 heterocycles. The smallest absolute Gasteiger partial charge is 0.240 e. The number of aliphatic hydroxyl groups excluding tert-OH is 1. The predicted molar refractivity (Wildman–Crippen MR) is 156 cm³/mol. The van der Waals surface area contributed by atoms with Crippen molar-refractivity contribution < 1.29 is 14.6 Å². The zero-order valence-electron chi connectivity index (χ0n) is 23.1. The number of aliphatic hydroxyl groups is 1. The standard InChI is InChI=1S/C33H38N4O3/c1-2-23-11-12-30-26(18-23)28(20-33(40-30)14-7-15-33)35-21-29(38)27(19-24-8-4-3-5-9-24)36-31(39)22-37-17-13-25-10-6-16-34-32(25)37/h3-6,8-13,16-18,27-29,35,38H,2,7,14-15,19-22H2,1H3,(H,36,39)/t27-,28-,29+/m0/s1. The Balaban J connectivity index is 1.17. The number of ether oxygens (including phenoxy) is 1. The monoisotopic (exact) mass is 538 g/mol. The fourth-order valence-electron chi connectivity index (χ4n) is 6.11. The van der Waals surface area contributed by atoms with Crippen LogP contribution in [0.25, 0.3) is 11.0 Å². The van der Waals surface area contributed by atoms with E-state index in [1.165, 1.54) is 17.5 Å². The van der Waals surface area contributed by atoms with E-state index in [-0.39, 0.29) is 24.1 Å². The molecule has 4 aromatic rings. The SMILES string of the molecule is CCc1ccc2c(c1)[C@@H](NC[C@@H](O)[C@H](Cc1ccccc1)NC(=O)Cn1ccc3cccnc31)CC1(CCC1)O2. The van der Waals surface area contributed by atoms with Gasteiger partial charge in [0.1, 0.15) is 23.5 Å². The first-order valence-corrected chi connectivity index (χ1v) is 14.5. The maximum atomic E-state index is 13.2. The van der Waals surface area contributed by atoms with Crippen LogP contribution in [0.2, 0.25) is 0 Å². The number of hydrogen-bond acceptors (Lipinski definition) is 5. The molecular formula is C33H38N4O3. The number of hydrogen-bond donors (Lipinski definition) is 3. The van der Waals surface area contributed by atoms with E-state index in [4.69, 9.17) is 4.74 Å². The molecule has 1 aliphatic heterocycles. The predicted octanol–water partition coefficient (Wildman–Crippen LogP) is 4.72. The number of benzene rings is 2. The molecule has 2 aromatic carbocycles. The Hall–Kier alpha value is -3.68. The number of aromatic nitrogens is 2. The summed E-state index contributed by atoms with van der Waals surface area (Å²) in [5.74, 6) is 0.803. The molecule has 1 spiro atoms. The first-order chi connectivity index (χ1) is 19.5. The van der Waals surface area contributed by atoms with Crippen LogP contribution in [0, 0.1) is 0 Å². The number of nitrogens with one attached hydrogen (secondary N) is 2. The lowest BCUT2D eigenvalue weighted by atomic mass is 9.72. The molecule has 1 fully saturated rings. The molecule has 3 atom stereocenters. The van der Waals surface area contributed by atoms with E-state index in [9.17, 15) is 9.90 Å². The Kier molecular flexibility index (Phi) is 7.59. The van der Waals surface area contributed by atoms with E-state index in [2.05, 4.69) is 40.7 Å². The van der Waals surface area contributed by atoms with Crippen LogP contribution < -0.4 is 15.4 Å². The highest BCUT2D eigenvalue weighted by atomic mass is 16.5. The van der Waals surface area contributed by atoms with Gasteiger partial charge < -0.3 is 25.0 Å². The normalized spacial score (nSPS) is 18.9. The van der Waals surface area contributed by atoms with Crippen LogP contribution >= 0.6 is 0 Å². The summed E-state index contributed by atoms with van der Waals surface area (Å²) in [4.78, 5) is 17.6. The zero-order chi connectivity index (χ0) is 27.5. The van der Waals surface area contributed by atoms with Gasteiger partial charge in [0.25, 0.3) is 0 Å². The highest BCUT2D eigenvalue weighted by Crippen LogP contribution is 2.49. The first kappa shape index (κ1) is 26.5. The summed E-state index contributed by atoms with van der Waals surface area (Å²) in [6.07, 6.45) is 8.55. The maximum absolute atomic E-state index is 13.2. The van der Waals surface area contributed by atoms with Gasteiger partial charge in [0.15, 0.2) is 0 Å². The molecule has 3 N–H and O–H groups in total. The summed E-state index contributed by atoms with van der Waals surface area (Å²) < 4.78 is 8.33. The third-order valence-electron chi connectivity index (χ3n) is 8.54. The summed E-state index contributed by atoms with van der Waals surface area (Å²) in [5, 5.41) is 19.3. The fraction of sp³-hybridized carbons (Fsp3) is 0.394. The van der Waals surface area contributed by atoms with Gasteiger partial charge in [-0.25, -0.2) is 4.98 Å². The van der Waals surface area contributed by atoms with E-state index in [0.29, 0.717) is 13.0 Å². The number of carbonyl (C=O) groups is 1. The van der Waals surface area contributed by atoms with Gasteiger partial charge >= 0.3 is 0 Å². The summed E-state index contributed by atoms with van der Waals surface area (Å²) >= 11 is 0. The molecule has 40 heavy (non-hydrogen) atoms. The van der Waals surface area contributed by atoms with Crippen molar-refractivity contribution in [2.45, 2.75) is 75.8 Å².